The quantitative estimate of drug-likeness (QED) is 0.861. The number of aryl methyl sites for hydroxylation is 1. The summed E-state index contributed by atoms with van der Waals surface area (Å²) in [5.74, 6) is -0.871. The van der Waals surface area contributed by atoms with Crippen molar-refractivity contribution in [1.29, 1.82) is 0 Å². The molecule has 1 N–H and O–H groups in total. The predicted molar refractivity (Wildman–Crippen MR) is 95.0 cm³/mol. The van der Waals surface area contributed by atoms with Gasteiger partial charge in [0.1, 0.15) is 11.4 Å². The third-order valence-electron chi connectivity index (χ3n) is 4.76. The summed E-state index contributed by atoms with van der Waals surface area (Å²) in [4.78, 5) is 30.5. The Balaban J connectivity index is 2.05. The van der Waals surface area contributed by atoms with Crippen molar-refractivity contribution in [3.05, 3.63) is 35.4 Å². The minimum atomic E-state index is -0.757. The van der Waals surface area contributed by atoms with E-state index in [1.54, 1.807) is 6.92 Å². The lowest BCUT2D eigenvalue weighted by Crippen LogP contribution is -2.38. The van der Waals surface area contributed by atoms with Crippen LogP contribution in [0.3, 0.4) is 0 Å². The summed E-state index contributed by atoms with van der Waals surface area (Å²) >= 11 is 0. The molecule has 25 heavy (non-hydrogen) atoms. The normalized spacial score (nSPS) is 15.4. The number of carboxylic acids is 1. The average Bonchev–Trinajstić information content (AvgIpc) is 2.62. The zero-order chi connectivity index (χ0) is 18.0. The number of nitrogens with zero attached hydrogens (tertiary/aromatic N) is 2. The molecule has 132 valence electrons. The number of para-hydroxylation sites is 1. The van der Waals surface area contributed by atoms with Gasteiger partial charge in [0.05, 0.1) is 18.0 Å². The van der Waals surface area contributed by atoms with Crippen LogP contribution in [0.25, 0.3) is 10.9 Å². The van der Waals surface area contributed by atoms with Crippen LogP contribution in [0.4, 0.5) is 5.82 Å². The minimum Gasteiger partial charge on any atom is -0.481 e. The Labute approximate surface area is 146 Å². The highest BCUT2D eigenvalue weighted by Crippen LogP contribution is 2.31. The van der Waals surface area contributed by atoms with E-state index in [0.29, 0.717) is 43.9 Å². The lowest BCUT2D eigenvalue weighted by molar-refractivity contribution is -0.142. The van der Waals surface area contributed by atoms with Crippen LogP contribution in [0.2, 0.25) is 0 Å². The second kappa shape index (κ2) is 7.09. The van der Waals surface area contributed by atoms with Gasteiger partial charge in [-0.05, 0) is 38.3 Å². The second-order valence-electron chi connectivity index (χ2n) is 6.27. The predicted octanol–water partition coefficient (Wildman–Crippen LogP) is 3.02. The van der Waals surface area contributed by atoms with E-state index in [4.69, 9.17) is 9.72 Å². The fraction of sp³-hybridized carbons (Fsp3) is 0.421. The van der Waals surface area contributed by atoms with Gasteiger partial charge >= 0.3 is 11.9 Å². The topological polar surface area (TPSA) is 79.7 Å². The molecule has 1 fully saturated rings. The highest BCUT2D eigenvalue weighted by Gasteiger charge is 2.29. The molecule has 2 heterocycles. The van der Waals surface area contributed by atoms with E-state index in [0.717, 1.165) is 16.5 Å². The number of hydrogen-bond donors (Lipinski definition) is 1. The van der Waals surface area contributed by atoms with Crippen molar-refractivity contribution in [2.24, 2.45) is 5.92 Å². The molecule has 1 aliphatic rings. The number of pyridine rings is 1. The molecule has 0 amide bonds. The number of benzene rings is 1. The molecule has 0 radical (unpaired) electrons. The standard InChI is InChI=1S/C19H22N2O4/c1-3-25-19(24)16-12(2)14-6-4-5-7-15(14)20-17(16)21-10-8-13(9-11-21)18(22)23/h4-7,13H,3,8-11H2,1-2H3,(H,22,23). The number of carboxylic acid groups (broad SMARTS) is 1. The summed E-state index contributed by atoms with van der Waals surface area (Å²) in [5, 5.41) is 10.1. The first kappa shape index (κ1) is 17.2. The van der Waals surface area contributed by atoms with Crippen molar-refractivity contribution in [3.8, 4) is 0 Å². The summed E-state index contributed by atoms with van der Waals surface area (Å²) in [6.45, 7) is 5.11. The van der Waals surface area contributed by atoms with Crippen LogP contribution in [0.15, 0.2) is 24.3 Å². The molecule has 1 aliphatic heterocycles. The van der Waals surface area contributed by atoms with Gasteiger partial charge in [-0.25, -0.2) is 9.78 Å². The van der Waals surface area contributed by atoms with Gasteiger partial charge in [-0.15, -0.1) is 0 Å². The van der Waals surface area contributed by atoms with Crippen LogP contribution >= 0.6 is 0 Å². The average molecular weight is 342 g/mol. The number of carbonyl (C=O) groups is 2. The van der Waals surface area contributed by atoms with Gasteiger partial charge in [0.2, 0.25) is 0 Å². The highest BCUT2D eigenvalue weighted by atomic mass is 16.5. The summed E-state index contributed by atoms with van der Waals surface area (Å²) < 4.78 is 5.25. The molecule has 0 saturated carbocycles. The zero-order valence-electron chi connectivity index (χ0n) is 14.5. The first-order chi connectivity index (χ1) is 12.0. The molecular formula is C19H22N2O4. The molecule has 6 heteroatoms. The van der Waals surface area contributed by atoms with Crippen molar-refractivity contribution in [1.82, 2.24) is 4.98 Å². The molecule has 2 aromatic rings. The molecule has 1 aromatic carbocycles. The highest BCUT2D eigenvalue weighted by molar-refractivity contribution is 6.02. The molecule has 1 aromatic heterocycles. The van der Waals surface area contributed by atoms with Gasteiger partial charge in [0, 0.05) is 18.5 Å². The van der Waals surface area contributed by atoms with Gasteiger partial charge < -0.3 is 14.7 Å². The van der Waals surface area contributed by atoms with Crippen LogP contribution in [0, 0.1) is 12.8 Å². The smallest absolute Gasteiger partial charge is 0.342 e. The third kappa shape index (κ3) is 3.29. The maximum absolute atomic E-state index is 12.6. The van der Waals surface area contributed by atoms with Crippen molar-refractivity contribution < 1.29 is 19.4 Å². The third-order valence-corrected chi connectivity index (χ3v) is 4.76. The first-order valence-corrected chi connectivity index (χ1v) is 8.57. The SMILES string of the molecule is CCOC(=O)c1c(N2CCC(C(=O)O)CC2)nc2ccccc2c1C. The maximum Gasteiger partial charge on any atom is 0.342 e. The van der Waals surface area contributed by atoms with Crippen molar-refractivity contribution in [3.63, 3.8) is 0 Å². The van der Waals surface area contributed by atoms with Crippen molar-refractivity contribution in [2.75, 3.05) is 24.6 Å². The van der Waals surface area contributed by atoms with Gasteiger partial charge in [0.25, 0.3) is 0 Å². The van der Waals surface area contributed by atoms with Crippen LogP contribution in [0.5, 0.6) is 0 Å². The summed E-state index contributed by atoms with van der Waals surface area (Å²) in [6, 6.07) is 7.70. The van der Waals surface area contributed by atoms with Gasteiger partial charge in [-0.1, -0.05) is 18.2 Å². The molecule has 0 bridgehead atoms. The van der Waals surface area contributed by atoms with E-state index < -0.39 is 5.97 Å². The van der Waals surface area contributed by atoms with Crippen molar-refractivity contribution >= 4 is 28.7 Å². The largest absolute Gasteiger partial charge is 0.481 e. The number of hydrogen-bond acceptors (Lipinski definition) is 5. The van der Waals surface area contributed by atoms with Gasteiger partial charge in [-0.2, -0.15) is 0 Å². The van der Waals surface area contributed by atoms with Gasteiger partial charge in [-0.3, -0.25) is 4.79 Å². The Morgan fingerprint density at radius 1 is 1.28 bits per heavy atom. The fourth-order valence-corrected chi connectivity index (χ4v) is 3.38. The number of carbonyl (C=O) groups excluding carboxylic acids is 1. The Morgan fingerprint density at radius 2 is 1.96 bits per heavy atom. The molecule has 0 atom stereocenters. The molecule has 0 aliphatic carbocycles. The van der Waals surface area contributed by atoms with E-state index in [2.05, 4.69) is 0 Å². The number of rotatable bonds is 4. The number of aliphatic carboxylic acids is 1. The monoisotopic (exact) mass is 342 g/mol. The van der Waals surface area contributed by atoms with E-state index in [1.807, 2.05) is 36.1 Å². The van der Waals surface area contributed by atoms with E-state index >= 15 is 0 Å². The number of fused-ring (bicyclic) bond motifs is 1. The molecule has 6 nitrogen and oxygen atoms in total. The summed E-state index contributed by atoms with van der Waals surface area (Å²) in [7, 11) is 0. The summed E-state index contributed by atoms with van der Waals surface area (Å²) in [5.41, 5.74) is 2.15. The second-order valence-corrected chi connectivity index (χ2v) is 6.27. The first-order valence-electron chi connectivity index (χ1n) is 8.57. The number of piperidine rings is 1. The number of esters is 1. The zero-order valence-corrected chi connectivity index (χ0v) is 14.5. The Kier molecular flexibility index (Phi) is 4.88. The Bertz CT molecular complexity index is 810. The molecule has 1 saturated heterocycles. The minimum absolute atomic E-state index is 0.297. The summed E-state index contributed by atoms with van der Waals surface area (Å²) in [6.07, 6.45) is 1.09. The molecule has 3 rings (SSSR count). The lowest BCUT2D eigenvalue weighted by atomic mass is 9.96. The Hall–Kier alpha value is -2.63. The Morgan fingerprint density at radius 3 is 2.60 bits per heavy atom. The van der Waals surface area contributed by atoms with Crippen LogP contribution in [-0.4, -0.2) is 41.7 Å². The maximum atomic E-state index is 12.6. The van der Waals surface area contributed by atoms with Gasteiger partial charge in [0.15, 0.2) is 0 Å². The molecular weight excluding hydrogens is 320 g/mol. The number of aromatic nitrogens is 1. The molecule has 0 spiro atoms. The van der Waals surface area contributed by atoms with Crippen LogP contribution in [-0.2, 0) is 9.53 Å². The number of ether oxygens (including phenoxy) is 1. The van der Waals surface area contributed by atoms with E-state index in [-0.39, 0.29) is 11.9 Å². The van der Waals surface area contributed by atoms with E-state index in [1.165, 1.54) is 0 Å². The molecule has 0 unspecified atom stereocenters. The number of anilines is 1. The van der Waals surface area contributed by atoms with Crippen LogP contribution in [0.1, 0.15) is 35.7 Å². The lowest BCUT2D eigenvalue weighted by Gasteiger charge is -2.32. The van der Waals surface area contributed by atoms with E-state index in [9.17, 15) is 14.7 Å². The fourth-order valence-electron chi connectivity index (χ4n) is 3.38. The van der Waals surface area contributed by atoms with Crippen LogP contribution < -0.4 is 4.90 Å². The van der Waals surface area contributed by atoms with Crippen molar-refractivity contribution in [2.45, 2.75) is 26.7 Å².